The highest BCUT2D eigenvalue weighted by atomic mass is 32.2. The number of aromatic amines is 1. The van der Waals surface area contributed by atoms with E-state index in [9.17, 15) is 8.42 Å². The van der Waals surface area contributed by atoms with E-state index < -0.39 is 10.0 Å². The Balaban J connectivity index is 2.22. The van der Waals surface area contributed by atoms with E-state index in [0.717, 1.165) is 12.8 Å². The molecule has 3 N–H and O–H groups in total. The van der Waals surface area contributed by atoms with Crippen LogP contribution in [0, 0.1) is 6.92 Å². The summed E-state index contributed by atoms with van der Waals surface area (Å²) in [5.41, 5.74) is 6.42. The summed E-state index contributed by atoms with van der Waals surface area (Å²) in [6, 6.07) is 0. The van der Waals surface area contributed by atoms with Gasteiger partial charge in [-0.25, -0.2) is 8.42 Å². The Morgan fingerprint density at radius 3 is 2.89 bits per heavy atom. The molecule has 0 bridgehead atoms. The van der Waals surface area contributed by atoms with Crippen LogP contribution in [0.5, 0.6) is 0 Å². The molecule has 1 saturated heterocycles. The number of ether oxygens (including phenoxy) is 1. The second-order valence-electron chi connectivity index (χ2n) is 4.75. The van der Waals surface area contributed by atoms with Crippen molar-refractivity contribution in [2.75, 3.05) is 20.2 Å². The van der Waals surface area contributed by atoms with Gasteiger partial charge in [0, 0.05) is 26.7 Å². The van der Waals surface area contributed by atoms with Crippen LogP contribution in [0.2, 0.25) is 0 Å². The summed E-state index contributed by atoms with van der Waals surface area (Å²) in [6.45, 7) is 2.83. The SMILES string of the molecule is Cc1[nH]nc(CN)c1S(=O)(=O)N(C)CC1CCCO1. The van der Waals surface area contributed by atoms with E-state index in [4.69, 9.17) is 10.5 Å². The summed E-state index contributed by atoms with van der Waals surface area (Å²) >= 11 is 0. The van der Waals surface area contributed by atoms with Crippen LogP contribution in [0.25, 0.3) is 0 Å². The van der Waals surface area contributed by atoms with E-state index in [1.54, 1.807) is 14.0 Å². The number of aromatic nitrogens is 2. The molecule has 1 aromatic rings. The summed E-state index contributed by atoms with van der Waals surface area (Å²) < 4.78 is 31.9. The van der Waals surface area contributed by atoms with Gasteiger partial charge in [0.05, 0.1) is 17.5 Å². The molecule has 0 aromatic carbocycles. The van der Waals surface area contributed by atoms with Crippen molar-refractivity contribution in [2.45, 2.75) is 37.3 Å². The lowest BCUT2D eigenvalue weighted by Gasteiger charge is -2.20. The molecule has 1 aliphatic rings. The van der Waals surface area contributed by atoms with E-state index >= 15 is 0 Å². The molecule has 2 heterocycles. The van der Waals surface area contributed by atoms with E-state index in [1.807, 2.05) is 0 Å². The molecule has 0 spiro atoms. The van der Waals surface area contributed by atoms with Crippen molar-refractivity contribution in [2.24, 2.45) is 5.73 Å². The Bertz CT molecular complexity index is 534. The second-order valence-corrected chi connectivity index (χ2v) is 6.73. The van der Waals surface area contributed by atoms with Gasteiger partial charge in [-0.15, -0.1) is 0 Å². The summed E-state index contributed by atoms with van der Waals surface area (Å²) in [4.78, 5) is 0.190. The molecule has 1 unspecified atom stereocenters. The standard InChI is InChI=1S/C11H20N4O3S/c1-8-11(10(6-12)14-13-8)19(16,17)15(2)7-9-4-3-5-18-9/h9H,3-7,12H2,1-2H3,(H,13,14). The number of rotatable bonds is 5. The van der Waals surface area contributed by atoms with Crippen molar-refractivity contribution >= 4 is 10.0 Å². The molecule has 1 aromatic heterocycles. The molecule has 108 valence electrons. The van der Waals surface area contributed by atoms with E-state index in [-0.39, 0.29) is 17.5 Å². The minimum atomic E-state index is -3.58. The summed E-state index contributed by atoms with van der Waals surface area (Å²) in [7, 11) is -2.02. The average molecular weight is 288 g/mol. The summed E-state index contributed by atoms with van der Waals surface area (Å²) in [6.07, 6.45) is 1.86. The number of nitrogens with one attached hydrogen (secondary N) is 1. The Morgan fingerprint density at radius 1 is 1.58 bits per heavy atom. The fraction of sp³-hybridized carbons (Fsp3) is 0.727. The molecule has 8 heteroatoms. The first kappa shape index (κ1) is 14.4. The van der Waals surface area contributed by atoms with Crippen LogP contribution in [0.4, 0.5) is 0 Å². The molecule has 0 radical (unpaired) electrons. The Hall–Kier alpha value is -0.960. The van der Waals surface area contributed by atoms with Gasteiger partial charge in [-0.1, -0.05) is 0 Å². The quantitative estimate of drug-likeness (QED) is 0.792. The first-order chi connectivity index (χ1) is 8.96. The van der Waals surface area contributed by atoms with Crippen LogP contribution in [0.1, 0.15) is 24.2 Å². The molecular weight excluding hydrogens is 268 g/mol. The number of H-pyrrole nitrogens is 1. The van der Waals surface area contributed by atoms with Crippen molar-refractivity contribution in [3.05, 3.63) is 11.4 Å². The zero-order valence-electron chi connectivity index (χ0n) is 11.2. The van der Waals surface area contributed by atoms with Crippen molar-refractivity contribution in [3.8, 4) is 0 Å². The van der Waals surface area contributed by atoms with Gasteiger partial charge in [0.15, 0.2) is 0 Å². The normalized spacial score (nSPS) is 20.3. The highest BCUT2D eigenvalue weighted by Gasteiger charge is 2.30. The number of hydrogen-bond donors (Lipinski definition) is 2. The number of sulfonamides is 1. The zero-order chi connectivity index (χ0) is 14.0. The van der Waals surface area contributed by atoms with Crippen LogP contribution in [-0.2, 0) is 21.3 Å². The molecule has 1 atom stereocenters. The first-order valence-corrected chi connectivity index (χ1v) is 7.72. The van der Waals surface area contributed by atoms with Crippen LogP contribution in [0.15, 0.2) is 4.90 Å². The van der Waals surface area contributed by atoms with Gasteiger partial charge in [0.25, 0.3) is 0 Å². The minimum absolute atomic E-state index is 0.0201. The van der Waals surface area contributed by atoms with Gasteiger partial charge in [-0.2, -0.15) is 9.40 Å². The molecule has 0 aliphatic carbocycles. The van der Waals surface area contributed by atoms with E-state index in [0.29, 0.717) is 24.5 Å². The highest BCUT2D eigenvalue weighted by molar-refractivity contribution is 7.89. The van der Waals surface area contributed by atoms with E-state index in [2.05, 4.69) is 10.2 Å². The largest absolute Gasteiger partial charge is 0.377 e. The average Bonchev–Trinajstić information content (AvgIpc) is 2.98. The third-order valence-corrected chi connectivity index (χ3v) is 5.34. The van der Waals surface area contributed by atoms with Gasteiger partial charge in [0.1, 0.15) is 4.90 Å². The van der Waals surface area contributed by atoms with Crippen molar-refractivity contribution < 1.29 is 13.2 Å². The maximum absolute atomic E-state index is 12.5. The first-order valence-electron chi connectivity index (χ1n) is 6.28. The molecule has 19 heavy (non-hydrogen) atoms. The predicted octanol–water partition coefficient (Wildman–Crippen LogP) is -0.0237. The number of nitrogens with zero attached hydrogens (tertiary/aromatic N) is 2. The monoisotopic (exact) mass is 288 g/mol. The van der Waals surface area contributed by atoms with Crippen LogP contribution < -0.4 is 5.73 Å². The molecule has 1 aliphatic heterocycles. The zero-order valence-corrected chi connectivity index (χ0v) is 12.0. The van der Waals surface area contributed by atoms with Gasteiger partial charge >= 0.3 is 0 Å². The molecule has 0 saturated carbocycles. The topological polar surface area (TPSA) is 101 Å². The highest BCUT2D eigenvalue weighted by Crippen LogP contribution is 2.22. The van der Waals surface area contributed by atoms with Gasteiger partial charge < -0.3 is 10.5 Å². The van der Waals surface area contributed by atoms with Crippen LogP contribution in [-0.4, -0.2) is 49.2 Å². The minimum Gasteiger partial charge on any atom is -0.377 e. The maximum Gasteiger partial charge on any atom is 0.246 e. The number of hydrogen-bond acceptors (Lipinski definition) is 5. The Morgan fingerprint density at radius 2 is 2.32 bits per heavy atom. The maximum atomic E-state index is 12.5. The molecular formula is C11H20N4O3S. The lowest BCUT2D eigenvalue weighted by molar-refractivity contribution is 0.0978. The lowest BCUT2D eigenvalue weighted by Crippen LogP contribution is -2.34. The van der Waals surface area contributed by atoms with E-state index in [1.165, 1.54) is 4.31 Å². The van der Waals surface area contributed by atoms with Crippen molar-refractivity contribution in [3.63, 3.8) is 0 Å². The molecule has 1 fully saturated rings. The number of aryl methyl sites for hydroxylation is 1. The van der Waals surface area contributed by atoms with Crippen molar-refractivity contribution in [1.82, 2.24) is 14.5 Å². The fourth-order valence-corrected chi connectivity index (χ4v) is 3.81. The second kappa shape index (κ2) is 5.58. The number of likely N-dealkylation sites (N-methyl/N-ethyl adjacent to an activating group) is 1. The smallest absolute Gasteiger partial charge is 0.246 e. The van der Waals surface area contributed by atoms with Crippen molar-refractivity contribution in [1.29, 1.82) is 0 Å². The predicted molar refractivity (Wildman–Crippen MR) is 70.0 cm³/mol. The molecule has 7 nitrogen and oxygen atoms in total. The number of nitrogens with two attached hydrogens (primary N) is 1. The summed E-state index contributed by atoms with van der Waals surface area (Å²) in [5, 5.41) is 6.60. The Labute approximate surface area is 113 Å². The van der Waals surface area contributed by atoms with Gasteiger partial charge in [0.2, 0.25) is 10.0 Å². The van der Waals surface area contributed by atoms with Gasteiger partial charge in [-0.3, -0.25) is 5.10 Å². The molecule has 2 rings (SSSR count). The lowest BCUT2D eigenvalue weighted by atomic mass is 10.2. The fourth-order valence-electron chi connectivity index (χ4n) is 2.28. The van der Waals surface area contributed by atoms with Crippen LogP contribution >= 0.6 is 0 Å². The third kappa shape index (κ3) is 2.81. The summed E-state index contributed by atoms with van der Waals surface area (Å²) in [5.74, 6) is 0. The van der Waals surface area contributed by atoms with Gasteiger partial charge in [-0.05, 0) is 19.8 Å². The molecule has 0 amide bonds. The Kier molecular flexibility index (Phi) is 4.24. The third-order valence-electron chi connectivity index (χ3n) is 3.31. The van der Waals surface area contributed by atoms with Crippen LogP contribution in [0.3, 0.4) is 0 Å².